The second-order valence-electron chi connectivity index (χ2n) is 5.09. The van der Waals surface area contributed by atoms with Crippen LogP contribution in [0.1, 0.15) is 12.8 Å². The van der Waals surface area contributed by atoms with Crippen LogP contribution >= 0.6 is 15.9 Å². The number of amides is 3. The zero-order valence-corrected chi connectivity index (χ0v) is 13.3. The number of halogens is 3. The molecule has 1 aliphatic heterocycles. The van der Waals surface area contributed by atoms with Gasteiger partial charge in [0.05, 0.1) is 13.1 Å². The zero-order valence-electron chi connectivity index (χ0n) is 11.7. The molecule has 1 fully saturated rings. The Morgan fingerprint density at radius 2 is 1.95 bits per heavy atom. The molecule has 0 saturated carbocycles. The lowest BCUT2D eigenvalue weighted by atomic mass is 10.1. The first-order valence-corrected chi connectivity index (χ1v) is 7.61. The lowest BCUT2D eigenvalue weighted by molar-refractivity contribution is -0.140. The number of benzene rings is 1. The summed E-state index contributed by atoms with van der Waals surface area (Å²) in [6, 6.07) is 6.35. The maximum absolute atomic E-state index is 13.2. The Morgan fingerprint density at radius 1 is 1.27 bits per heavy atom. The molecule has 1 aromatic carbocycles. The Balaban J connectivity index is 1.78. The third-order valence-corrected chi connectivity index (χ3v) is 3.78. The van der Waals surface area contributed by atoms with E-state index < -0.39 is 24.4 Å². The van der Waals surface area contributed by atoms with Gasteiger partial charge in [0.1, 0.15) is 0 Å². The fourth-order valence-electron chi connectivity index (χ4n) is 2.15. The quantitative estimate of drug-likeness (QED) is 0.853. The van der Waals surface area contributed by atoms with Gasteiger partial charge in [0.25, 0.3) is 5.92 Å². The maximum atomic E-state index is 13.2. The molecule has 120 valence electrons. The van der Waals surface area contributed by atoms with Crippen molar-refractivity contribution in [2.24, 2.45) is 0 Å². The lowest BCUT2D eigenvalue weighted by Crippen LogP contribution is -2.49. The highest BCUT2D eigenvalue weighted by Gasteiger charge is 2.36. The molecule has 22 heavy (non-hydrogen) atoms. The molecular weight excluding hydrogens is 360 g/mol. The molecule has 8 heteroatoms. The highest BCUT2D eigenvalue weighted by molar-refractivity contribution is 9.10. The first kappa shape index (κ1) is 16.7. The van der Waals surface area contributed by atoms with Crippen LogP contribution in [-0.4, -0.2) is 42.4 Å². The largest absolute Gasteiger partial charge is 0.335 e. The van der Waals surface area contributed by atoms with Crippen molar-refractivity contribution in [2.45, 2.75) is 18.8 Å². The Hall–Kier alpha value is -1.70. The molecule has 0 unspecified atom stereocenters. The number of urea groups is 1. The van der Waals surface area contributed by atoms with Gasteiger partial charge in [-0.25, -0.2) is 13.6 Å². The van der Waals surface area contributed by atoms with E-state index in [9.17, 15) is 18.4 Å². The number of rotatable bonds is 3. The summed E-state index contributed by atoms with van der Waals surface area (Å²) in [5.41, 5.74) is 0.567. The summed E-state index contributed by atoms with van der Waals surface area (Å²) in [4.78, 5) is 24.6. The molecule has 0 aliphatic carbocycles. The topological polar surface area (TPSA) is 61.4 Å². The number of hydrogen-bond acceptors (Lipinski definition) is 2. The number of carbonyl (C=O) groups is 2. The van der Waals surface area contributed by atoms with Gasteiger partial charge >= 0.3 is 6.03 Å². The van der Waals surface area contributed by atoms with Crippen molar-refractivity contribution in [2.75, 3.05) is 25.0 Å². The third kappa shape index (κ3) is 4.94. The van der Waals surface area contributed by atoms with E-state index in [1.54, 1.807) is 24.3 Å². The predicted molar refractivity (Wildman–Crippen MR) is 81.9 cm³/mol. The first-order valence-electron chi connectivity index (χ1n) is 6.82. The molecular formula is C14H16BrF2N3O2. The fraction of sp³-hybridized carbons (Fsp3) is 0.429. The van der Waals surface area contributed by atoms with E-state index in [0.717, 1.165) is 9.37 Å². The highest BCUT2D eigenvalue weighted by Crippen LogP contribution is 2.26. The summed E-state index contributed by atoms with van der Waals surface area (Å²) in [5, 5.41) is 4.93. The normalized spacial score (nSPS) is 17.0. The van der Waals surface area contributed by atoms with Crippen LogP contribution in [0.2, 0.25) is 0 Å². The molecule has 0 radical (unpaired) electrons. The van der Waals surface area contributed by atoms with E-state index in [2.05, 4.69) is 26.6 Å². The van der Waals surface area contributed by atoms with Crippen LogP contribution in [0.3, 0.4) is 0 Å². The van der Waals surface area contributed by atoms with Crippen molar-refractivity contribution < 1.29 is 18.4 Å². The van der Waals surface area contributed by atoms with E-state index in [0.29, 0.717) is 12.2 Å². The van der Waals surface area contributed by atoms with Crippen molar-refractivity contribution in [1.82, 2.24) is 10.2 Å². The number of anilines is 1. The van der Waals surface area contributed by atoms with Crippen molar-refractivity contribution >= 4 is 33.6 Å². The molecule has 0 bridgehead atoms. The number of carbonyl (C=O) groups excluding carboxylic acids is 2. The number of nitrogens with one attached hydrogen (secondary N) is 2. The van der Waals surface area contributed by atoms with Crippen molar-refractivity contribution in [1.29, 1.82) is 0 Å². The van der Waals surface area contributed by atoms with Gasteiger partial charge in [-0.1, -0.05) is 15.9 Å². The zero-order chi connectivity index (χ0) is 16.2. The molecule has 0 spiro atoms. The van der Waals surface area contributed by atoms with E-state index in [1.165, 1.54) is 0 Å². The molecule has 0 aromatic heterocycles. The second kappa shape index (κ2) is 7.04. The van der Waals surface area contributed by atoms with Gasteiger partial charge in [0.15, 0.2) is 0 Å². The van der Waals surface area contributed by atoms with Crippen LogP contribution < -0.4 is 10.6 Å². The van der Waals surface area contributed by atoms with Gasteiger partial charge in [-0.3, -0.25) is 4.79 Å². The molecule has 0 atom stereocenters. The molecule has 1 aliphatic rings. The molecule has 1 saturated heterocycles. The standard InChI is InChI=1S/C14H16BrF2N3O2/c15-10-2-4-11(5-3-10)19-13(22)18-8-12(21)20-7-1-6-14(16,17)9-20/h2-5H,1,6-9H2,(H2,18,19,22). The lowest BCUT2D eigenvalue weighted by Gasteiger charge is -2.32. The molecule has 1 heterocycles. The second-order valence-corrected chi connectivity index (χ2v) is 6.01. The average Bonchev–Trinajstić information content (AvgIpc) is 2.46. The van der Waals surface area contributed by atoms with Crippen molar-refractivity contribution in [3.05, 3.63) is 28.7 Å². The monoisotopic (exact) mass is 375 g/mol. The molecule has 2 N–H and O–H groups in total. The average molecular weight is 376 g/mol. The van der Waals surface area contributed by atoms with Crippen LogP contribution in [0, 0.1) is 0 Å². The highest BCUT2D eigenvalue weighted by atomic mass is 79.9. The van der Waals surface area contributed by atoms with Crippen LogP contribution in [0.4, 0.5) is 19.3 Å². The van der Waals surface area contributed by atoms with Crippen molar-refractivity contribution in [3.63, 3.8) is 0 Å². The smallest absolute Gasteiger partial charge is 0.319 e. The Bertz CT molecular complexity index is 552. The summed E-state index contributed by atoms with van der Waals surface area (Å²) in [6.07, 6.45) is 0.0676. The summed E-state index contributed by atoms with van der Waals surface area (Å²) in [6.45, 7) is -0.593. The van der Waals surface area contributed by atoms with Crippen LogP contribution in [0.15, 0.2) is 28.7 Å². The van der Waals surface area contributed by atoms with Gasteiger partial charge in [-0.2, -0.15) is 0 Å². The summed E-state index contributed by atoms with van der Waals surface area (Å²) in [5.74, 6) is -3.35. The van der Waals surface area contributed by atoms with Gasteiger partial charge in [-0.05, 0) is 30.7 Å². The Kier molecular flexibility index (Phi) is 5.33. The maximum Gasteiger partial charge on any atom is 0.319 e. The number of nitrogens with zero attached hydrogens (tertiary/aromatic N) is 1. The molecule has 1 aromatic rings. The third-order valence-electron chi connectivity index (χ3n) is 3.25. The van der Waals surface area contributed by atoms with Crippen molar-refractivity contribution in [3.8, 4) is 0 Å². The van der Waals surface area contributed by atoms with Gasteiger partial charge in [0.2, 0.25) is 5.91 Å². The van der Waals surface area contributed by atoms with Gasteiger partial charge in [0, 0.05) is 23.1 Å². The first-order chi connectivity index (χ1) is 10.4. The van der Waals surface area contributed by atoms with Crippen LogP contribution in [-0.2, 0) is 4.79 Å². The van der Waals surface area contributed by atoms with E-state index in [1.807, 2.05) is 0 Å². The van der Waals surface area contributed by atoms with Gasteiger partial charge < -0.3 is 15.5 Å². The Morgan fingerprint density at radius 3 is 2.59 bits per heavy atom. The minimum Gasteiger partial charge on any atom is -0.335 e. The molecule has 3 amide bonds. The number of hydrogen-bond donors (Lipinski definition) is 2. The number of piperidine rings is 1. The van der Waals surface area contributed by atoms with Crippen LogP contribution in [0.25, 0.3) is 0 Å². The Labute approximate surface area is 135 Å². The number of likely N-dealkylation sites (tertiary alicyclic amines) is 1. The van der Waals surface area contributed by atoms with E-state index >= 15 is 0 Å². The fourth-order valence-corrected chi connectivity index (χ4v) is 2.42. The molecule has 2 rings (SSSR count). The molecule has 5 nitrogen and oxygen atoms in total. The summed E-state index contributed by atoms with van der Waals surface area (Å²) >= 11 is 3.27. The summed E-state index contributed by atoms with van der Waals surface area (Å²) in [7, 11) is 0. The SMILES string of the molecule is O=C(NCC(=O)N1CCCC(F)(F)C1)Nc1ccc(Br)cc1. The van der Waals surface area contributed by atoms with Gasteiger partial charge in [-0.15, -0.1) is 0 Å². The predicted octanol–water partition coefficient (Wildman–Crippen LogP) is 2.83. The van der Waals surface area contributed by atoms with E-state index in [-0.39, 0.29) is 19.4 Å². The van der Waals surface area contributed by atoms with Crippen LogP contribution in [0.5, 0.6) is 0 Å². The summed E-state index contributed by atoms with van der Waals surface area (Å²) < 4.78 is 27.3. The number of alkyl halides is 2. The minimum atomic E-state index is -2.84. The van der Waals surface area contributed by atoms with E-state index in [4.69, 9.17) is 0 Å². The minimum absolute atomic E-state index is 0.200.